The van der Waals surface area contributed by atoms with Crippen LogP contribution in [-0.2, 0) is 6.54 Å². The van der Waals surface area contributed by atoms with E-state index in [2.05, 4.69) is 34.6 Å². The van der Waals surface area contributed by atoms with Crippen LogP contribution >= 0.6 is 22.7 Å². The molecule has 1 saturated heterocycles. The van der Waals surface area contributed by atoms with E-state index in [0.29, 0.717) is 11.4 Å². The van der Waals surface area contributed by atoms with Crippen LogP contribution < -0.4 is 10.5 Å². The number of aromatic amines is 1. The summed E-state index contributed by atoms with van der Waals surface area (Å²) in [4.78, 5) is 25.3. The van der Waals surface area contributed by atoms with Crippen molar-refractivity contribution in [3.63, 3.8) is 0 Å². The number of nitrogens with one attached hydrogen (secondary N) is 2. The molecule has 0 bridgehead atoms. The first-order valence-electron chi connectivity index (χ1n) is 9.24. The predicted molar refractivity (Wildman–Crippen MR) is 112 cm³/mol. The molecule has 5 rings (SSSR count). The third kappa shape index (κ3) is 3.25. The fourth-order valence-electron chi connectivity index (χ4n) is 3.98. The fourth-order valence-corrected chi connectivity index (χ4v) is 5.95. The maximum atomic E-state index is 12.6. The van der Waals surface area contributed by atoms with Crippen LogP contribution in [0.2, 0.25) is 0 Å². The second-order valence-corrected chi connectivity index (χ2v) is 9.01. The lowest BCUT2D eigenvalue weighted by atomic mass is 10.2. The summed E-state index contributed by atoms with van der Waals surface area (Å²) >= 11 is 3.43. The van der Waals surface area contributed by atoms with Gasteiger partial charge in [0.2, 0.25) is 0 Å². The van der Waals surface area contributed by atoms with Crippen LogP contribution in [0.15, 0.2) is 58.7 Å². The van der Waals surface area contributed by atoms with E-state index in [1.807, 2.05) is 35.6 Å². The highest BCUT2D eigenvalue weighted by atomic mass is 32.1. The Bertz CT molecular complexity index is 1120. The molecule has 2 atom stereocenters. The zero-order valence-corrected chi connectivity index (χ0v) is 16.4. The highest BCUT2D eigenvalue weighted by Crippen LogP contribution is 2.30. The maximum Gasteiger partial charge on any atom is 0.259 e. The normalized spacial score (nSPS) is 19.7. The predicted octanol–water partition coefficient (Wildman–Crippen LogP) is 3.63. The molecule has 136 valence electrons. The molecule has 1 aromatic carbocycles. The van der Waals surface area contributed by atoms with E-state index < -0.39 is 0 Å². The molecule has 1 aliphatic heterocycles. The minimum absolute atomic E-state index is 0.0281. The average Bonchev–Trinajstić information content (AvgIpc) is 3.42. The Hall–Kier alpha value is -2.28. The lowest BCUT2D eigenvalue weighted by Gasteiger charge is -2.19. The maximum absolute atomic E-state index is 12.6. The molecule has 0 aliphatic carbocycles. The van der Waals surface area contributed by atoms with Crippen LogP contribution in [0.5, 0.6) is 0 Å². The van der Waals surface area contributed by atoms with Gasteiger partial charge in [-0.2, -0.15) is 0 Å². The SMILES string of the molecule is O=c1[nH]c(C[NH+]2CCC[C@H]2c2cccs2)nc2sc(-c3ccccc3)cc12. The zero-order valence-electron chi connectivity index (χ0n) is 14.8. The summed E-state index contributed by atoms with van der Waals surface area (Å²) in [5, 5.41) is 2.84. The Morgan fingerprint density at radius 3 is 2.89 bits per heavy atom. The quantitative estimate of drug-likeness (QED) is 0.555. The van der Waals surface area contributed by atoms with Crippen molar-refractivity contribution in [2.45, 2.75) is 25.4 Å². The monoisotopic (exact) mass is 394 g/mol. The van der Waals surface area contributed by atoms with Crippen LogP contribution in [0, 0.1) is 0 Å². The molecule has 4 aromatic rings. The number of rotatable bonds is 4. The number of hydrogen-bond acceptors (Lipinski definition) is 4. The highest BCUT2D eigenvalue weighted by Gasteiger charge is 2.31. The number of fused-ring (bicyclic) bond motifs is 1. The fraction of sp³-hybridized carbons (Fsp3) is 0.238. The van der Waals surface area contributed by atoms with Gasteiger partial charge in [-0.1, -0.05) is 36.4 Å². The van der Waals surface area contributed by atoms with Gasteiger partial charge in [0.15, 0.2) is 5.82 Å². The van der Waals surface area contributed by atoms with Crippen LogP contribution in [-0.4, -0.2) is 16.5 Å². The van der Waals surface area contributed by atoms with Crippen molar-refractivity contribution < 1.29 is 4.90 Å². The molecule has 0 saturated carbocycles. The molecular formula is C21H20N3OS2+. The van der Waals surface area contributed by atoms with Crippen LogP contribution in [0.4, 0.5) is 0 Å². The number of likely N-dealkylation sites (tertiary alicyclic amines) is 1. The van der Waals surface area contributed by atoms with E-state index >= 15 is 0 Å². The first-order valence-corrected chi connectivity index (χ1v) is 10.9. The number of benzene rings is 1. The first-order chi connectivity index (χ1) is 13.3. The minimum atomic E-state index is -0.0281. The van der Waals surface area contributed by atoms with E-state index in [1.165, 1.54) is 22.6 Å². The number of nitrogens with zero attached hydrogens (tertiary/aromatic N) is 1. The van der Waals surface area contributed by atoms with Crippen molar-refractivity contribution in [3.8, 4) is 10.4 Å². The molecule has 0 radical (unpaired) electrons. The van der Waals surface area contributed by atoms with E-state index in [9.17, 15) is 4.79 Å². The number of aromatic nitrogens is 2. The summed E-state index contributed by atoms with van der Waals surface area (Å²) in [5.74, 6) is 0.799. The van der Waals surface area contributed by atoms with Crippen LogP contribution in [0.25, 0.3) is 20.7 Å². The smallest absolute Gasteiger partial charge is 0.259 e. The molecule has 2 N–H and O–H groups in total. The standard InChI is InChI=1S/C21H19N3OS2/c25-20-15-12-18(14-6-2-1-3-7-14)27-21(15)23-19(22-20)13-24-10-4-8-16(24)17-9-5-11-26-17/h1-3,5-7,9,11-12,16H,4,8,10,13H2,(H,22,23,25)/p+1/t16-/m0/s1. The van der Waals surface area contributed by atoms with Gasteiger partial charge >= 0.3 is 0 Å². The van der Waals surface area contributed by atoms with E-state index in [4.69, 9.17) is 4.98 Å². The van der Waals surface area contributed by atoms with Gasteiger partial charge in [0.1, 0.15) is 17.4 Å². The Balaban J connectivity index is 1.47. The molecule has 4 nitrogen and oxygen atoms in total. The lowest BCUT2D eigenvalue weighted by Crippen LogP contribution is -3.09. The largest absolute Gasteiger partial charge is 0.322 e. The molecule has 1 aliphatic rings. The lowest BCUT2D eigenvalue weighted by molar-refractivity contribution is -0.932. The second kappa shape index (κ2) is 7.03. The van der Waals surface area contributed by atoms with Gasteiger partial charge in [0.05, 0.1) is 16.8 Å². The summed E-state index contributed by atoms with van der Waals surface area (Å²) in [5.41, 5.74) is 1.10. The molecule has 1 unspecified atom stereocenters. The van der Waals surface area contributed by atoms with Crippen molar-refractivity contribution in [2.24, 2.45) is 0 Å². The third-order valence-corrected chi connectivity index (χ3v) is 7.34. The summed E-state index contributed by atoms with van der Waals surface area (Å²) in [6.07, 6.45) is 2.43. The summed E-state index contributed by atoms with van der Waals surface area (Å²) in [7, 11) is 0. The minimum Gasteiger partial charge on any atom is -0.322 e. The Kier molecular flexibility index (Phi) is 4.39. The van der Waals surface area contributed by atoms with Crippen LogP contribution in [0.1, 0.15) is 29.6 Å². The molecule has 6 heteroatoms. The number of H-pyrrole nitrogens is 1. The van der Waals surface area contributed by atoms with Gasteiger partial charge in [-0.15, -0.1) is 22.7 Å². The molecular weight excluding hydrogens is 374 g/mol. The Morgan fingerprint density at radius 2 is 2.07 bits per heavy atom. The topological polar surface area (TPSA) is 50.2 Å². The summed E-state index contributed by atoms with van der Waals surface area (Å²) < 4.78 is 0. The molecule has 1 fully saturated rings. The van der Waals surface area contributed by atoms with Gasteiger partial charge in [-0.25, -0.2) is 4.98 Å². The number of hydrogen-bond donors (Lipinski definition) is 2. The first kappa shape index (κ1) is 16.9. The van der Waals surface area contributed by atoms with Crippen LogP contribution in [0.3, 0.4) is 0 Å². The van der Waals surface area contributed by atoms with Crippen molar-refractivity contribution in [2.75, 3.05) is 6.54 Å². The number of thiophene rings is 2. The van der Waals surface area contributed by atoms with E-state index in [-0.39, 0.29) is 5.56 Å². The Labute approximate surface area is 165 Å². The van der Waals surface area contributed by atoms with E-state index in [1.54, 1.807) is 11.3 Å². The van der Waals surface area contributed by atoms with Crippen molar-refractivity contribution in [3.05, 3.63) is 75.0 Å². The van der Waals surface area contributed by atoms with Gasteiger partial charge in [-0.3, -0.25) is 4.79 Å². The van der Waals surface area contributed by atoms with Gasteiger partial charge in [-0.05, 0) is 23.1 Å². The van der Waals surface area contributed by atoms with Gasteiger partial charge in [0, 0.05) is 17.7 Å². The van der Waals surface area contributed by atoms with Crippen molar-refractivity contribution >= 4 is 32.9 Å². The van der Waals surface area contributed by atoms with E-state index in [0.717, 1.165) is 34.2 Å². The van der Waals surface area contributed by atoms with Gasteiger partial charge in [0.25, 0.3) is 5.56 Å². The molecule has 27 heavy (non-hydrogen) atoms. The molecule has 3 aromatic heterocycles. The Morgan fingerprint density at radius 1 is 1.19 bits per heavy atom. The summed E-state index contributed by atoms with van der Waals surface area (Å²) in [6.45, 7) is 1.90. The van der Waals surface area contributed by atoms with Crippen molar-refractivity contribution in [1.29, 1.82) is 0 Å². The molecule has 0 spiro atoms. The molecule has 4 heterocycles. The zero-order chi connectivity index (χ0) is 18.2. The molecule has 0 amide bonds. The highest BCUT2D eigenvalue weighted by molar-refractivity contribution is 7.21. The summed E-state index contributed by atoms with van der Waals surface area (Å²) in [6, 6.07) is 17.0. The average molecular weight is 395 g/mol. The second-order valence-electron chi connectivity index (χ2n) is 7.00. The number of quaternary nitrogens is 1. The third-order valence-electron chi connectivity index (χ3n) is 5.27. The van der Waals surface area contributed by atoms with Gasteiger partial charge < -0.3 is 9.88 Å². The van der Waals surface area contributed by atoms with Crippen molar-refractivity contribution in [1.82, 2.24) is 9.97 Å².